The largest absolute Gasteiger partial charge is 0.305 e. The number of rotatable bonds is 3. The molecule has 0 aromatic heterocycles. The second-order valence-electron chi connectivity index (χ2n) is 5.01. The van der Waals surface area contributed by atoms with Crippen molar-refractivity contribution in [3.05, 3.63) is 70.0 Å². The second-order valence-corrected chi connectivity index (χ2v) is 5.98. The fourth-order valence-electron chi connectivity index (χ4n) is 2.68. The first kappa shape index (κ1) is 13.9. The molecule has 2 unspecified atom stereocenters. The number of fused-ring (bicyclic) bond motifs is 1. The van der Waals surface area contributed by atoms with E-state index in [0.717, 1.165) is 12.0 Å². The average Bonchev–Trinajstić information content (AvgIpc) is 2.75. The summed E-state index contributed by atoms with van der Waals surface area (Å²) in [5.74, 6) is -0.277. The zero-order chi connectivity index (χ0) is 14.1. The van der Waals surface area contributed by atoms with Gasteiger partial charge in [0.1, 0.15) is 5.82 Å². The van der Waals surface area contributed by atoms with Gasteiger partial charge in [0.05, 0.1) is 5.38 Å². The van der Waals surface area contributed by atoms with E-state index in [1.54, 1.807) is 6.07 Å². The molecular weight excluding hydrogens is 296 g/mol. The van der Waals surface area contributed by atoms with E-state index in [4.69, 9.17) is 23.2 Å². The highest BCUT2D eigenvalue weighted by Gasteiger charge is 2.30. The van der Waals surface area contributed by atoms with Crippen molar-refractivity contribution >= 4 is 23.2 Å². The molecule has 2 atom stereocenters. The maximum atomic E-state index is 13.3. The highest BCUT2D eigenvalue weighted by Crippen LogP contribution is 2.35. The van der Waals surface area contributed by atoms with Crippen LogP contribution >= 0.6 is 23.2 Å². The van der Waals surface area contributed by atoms with Crippen molar-refractivity contribution in [3.63, 3.8) is 0 Å². The van der Waals surface area contributed by atoms with E-state index in [0.29, 0.717) is 11.6 Å². The minimum absolute atomic E-state index is 0.0136. The summed E-state index contributed by atoms with van der Waals surface area (Å²) in [7, 11) is 0. The minimum Gasteiger partial charge on any atom is -0.305 e. The summed E-state index contributed by atoms with van der Waals surface area (Å²) in [4.78, 5) is 0. The van der Waals surface area contributed by atoms with E-state index in [1.807, 2.05) is 12.1 Å². The fraction of sp³-hybridized carbons (Fsp3) is 0.250. The summed E-state index contributed by atoms with van der Waals surface area (Å²) in [5, 5.41) is 3.97. The molecule has 3 rings (SSSR count). The van der Waals surface area contributed by atoms with Crippen molar-refractivity contribution in [1.82, 2.24) is 5.32 Å². The molecule has 1 aliphatic carbocycles. The van der Waals surface area contributed by atoms with Gasteiger partial charge in [0.25, 0.3) is 0 Å². The van der Waals surface area contributed by atoms with Gasteiger partial charge in [-0.05, 0) is 41.3 Å². The second kappa shape index (κ2) is 5.72. The third kappa shape index (κ3) is 2.69. The first-order chi connectivity index (χ1) is 9.65. The van der Waals surface area contributed by atoms with Crippen LogP contribution in [0.15, 0.2) is 42.5 Å². The van der Waals surface area contributed by atoms with E-state index >= 15 is 0 Å². The van der Waals surface area contributed by atoms with E-state index in [2.05, 4.69) is 17.4 Å². The molecule has 0 radical (unpaired) electrons. The van der Waals surface area contributed by atoms with Gasteiger partial charge in [0.15, 0.2) is 0 Å². The highest BCUT2D eigenvalue weighted by molar-refractivity contribution is 6.31. The quantitative estimate of drug-likeness (QED) is 0.825. The van der Waals surface area contributed by atoms with Gasteiger partial charge in [-0.15, -0.1) is 11.6 Å². The zero-order valence-corrected chi connectivity index (χ0v) is 12.3. The Hall–Kier alpha value is -1.09. The lowest BCUT2D eigenvalue weighted by atomic mass is 10.1. The van der Waals surface area contributed by atoms with Crippen LogP contribution in [0.2, 0.25) is 5.02 Å². The summed E-state index contributed by atoms with van der Waals surface area (Å²) in [6.07, 6.45) is 0.853. The summed E-state index contributed by atoms with van der Waals surface area (Å²) in [6.45, 7) is 0.499. The molecule has 2 aromatic rings. The van der Waals surface area contributed by atoms with Crippen molar-refractivity contribution in [2.45, 2.75) is 24.4 Å². The number of halogens is 3. The Balaban J connectivity index is 1.77. The zero-order valence-electron chi connectivity index (χ0n) is 10.7. The topological polar surface area (TPSA) is 12.0 Å². The van der Waals surface area contributed by atoms with Crippen LogP contribution in [0, 0.1) is 5.82 Å². The lowest BCUT2D eigenvalue weighted by Gasteiger charge is -2.18. The summed E-state index contributed by atoms with van der Waals surface area (Å²) in [5.41, 5.74) is 3.25. The molecule has 1 nitrogen and oxygen atoms in total. The maximum Gasteiger partial charge on any atom is 0.123 e. The van der Waals surface area contributed by atoms with Crippen LogP contribution in [0.1, 0.15) is 22.7 Å². The number of nitrogens with one attached hydrogen (secondary N) is 1. The summed E-state index contributed by atoms with van der Waals surface area (Å²) < 4.78 is 13.3. The van der Waals surface area contributed by atoms with Crippen LogP contribution in [-0.2, 0) is 13.0 Å². The molecule has 0 amide bonds. The molecule has 1 N–H and O–H groups in total. The van der Waals surface area contributed by atoms with Gasteiger partial charge in [0, 0.05) is 17.6 Å². The van der Waals surface area contributed by atoms with E-state index in [-0.39, 0.29) is 17.2 Å². The molecule has 0 spiro atoms. The van der Waals surface area contributed by atoms with Crippen LogP contribution in [0.3, 0.4) is 0 Å². The van der Waals surface area contributed by atoms with Gasteiger partial charge < -0.3 is 5.32 Å². The Bertz CT molecular complexity index is 630. The van der Waals surface area contributed by atoms with E-state index in [9.17, 15) is 4.39 Å². The van der Waals surface area contributed by atoms with Crippen molar-refractivity contribution in [2.24, 2.45) is 0 Å². The predicted octanol–water partition coefficient (Wildman–Crippen LogP) is 4.47. The average molecular weight is 310 g/mol. The molecule has 0 bridgehead atoms. The fourth-order valence-corrected chi connectivity index (χ4v) is 3.26. The van der Waals surface area contributed by atoms with Crippen LogP contribution in [0.5, 0.6) is 0 Å². The normalized spacial score (nSPS) is 20.9. The molecule has 0 saturated carbocycles. The SMILES string of the molecule is Fc1ccc(Cl)c(CNC2c3ccccc3CC2Cl)c1. The van der Waals surface area contributed by atoms with Gasteiger partial charge >= 0.3 is 0 Å². The van der Waals surface area contributed by atoms with Gasteiger partial charge in [-0.1, -0.05) is 35.9 Å². The third-order valence-corrected chi connectivity index (χ3v) is 4.46. The molecule has 0 fully saturated rings. The summed E-state index contributed by atoms with van der Waals surface area (Å²) >= 11 is 12.5. The van der Waals surface area contributed by atoms with Gasteiger partial charge in [-0.25, -0.2) is 4.39 Å². The Labute approximate surface area is 127 Å². The Morgan fingerprint density at radius 1 is 1.20 bits per heavy atom. The first-order valence-electron chi connectivity index (χ1n) is 6.54. The number of hydrogen-bond donors (Lipinski definition) is 1. The summed E-state index contributed by atoms with van der Waals surface area (Å²) in [6, 6.07) is 12.7. The number of benzene rings is 2. The predicted molar refractivity (Wildman–Crippen MR) is 80.8 cm³/mol. The van der Waals surface area contributed by atoms with Crippen molar-refractivity contribution < 1.29 is 4.39 Å². The van der Waals surface area contributed by atoms with Crippen molar-refractivity contribution in [1.29, 1.82) is 0 Å². The molecule has 2 aromatic carbocycles. The highest BCUT2D eigenvalue weighted by atomic mass is 35.5. The minimum atomic E-state index is -0.277. The van der Waals surface area contributed by atoms with Gasteiger partial charge in [0.2, 0.25) is 0 Å². The molecule has 104 valence electrons. The van der Waals surface area contributed by atoms with Crippen molar-refractivity contribution in [3.8, 4) is 0 Å². The molecule has 0 heterocycles. The number of alkyl halides is 1. The third-order valence-electron chi connectivity index (χ3n) is 3.69. The monoisotopic (exact) mass is 309 g/mol. The lowest BCUT2D eigenvalue weighted by molar-refractivity contribution is 0.533. The van der Waals surface area contributed by atoms with Crippen LogP contribution in [0.4, 0.5) is 4.39 Å². The molecular formula is C16H14Cl2FN. The molecule has 4 heteroatoms. The van der Waals surface area contributed by atoms with Gasteiger partial charge in [-0.3, -0.25) is 0 Å². The Morgan fingerprint density at radius 3 is 2.85 bits per heavy atom. The molecule has 1 aliphatic rings. The first-order valence-corrected chi connectivity index (χ1v) is 7.36. The molecule has 0 saturated heterocycles. The lowest BCUT2D eigenvalue weighted by Crippen LogP contribution is -2.25. The van der Waals surface area contributed by atoms with Crippen molar-refractivity contribution in [2.75, 3.05) is 0 Å². The van der Waals surface area contributed by atoms with E-state index < -0.39 is 0 Å². The maximum absolute atomic E-state index is 13.3. The smallest absolute Gasteiger partial charge is 0.123 e. The molecule has 20 heavy (non-hydrogen) atoms. The van der Waals surface area contributed by atoms with Crippen LogP contribution in [0.25, 0.3) is 0 Å². The Kier molecular flexibility index (Phi) is 3.97. The standard InChI is InChI=1S/C16H14Cl2FN/c17-14-6-5-12(19)7-11(14)9-20-16-13-4-2-1-3-10(13)8-15(16)18/h1-7,15-16,20H,8-9H2. The van der Waals surface area contributed by atoms with E-state index in [1.165, 1.54) is 23.3 Å². The van der Waals surface area contributed by atoms with Gasteiger partial charge in [-0.2, -0.15) is 0 Å². The molecule has 0 aliphatic heterocycles. The van der Waals surface area contributed by atoms with Crippen LogP contribution in [-0.4, -0.2) is 5.38 Å². The number of hydrogen-bond acceptors (Lipinski definition) is 1. The Morgan fingerprint density at radius 2 is 2.00 bits per heavy atom. The van der Waals surface area contributed by atoms with Crippen LogP contribution < -0.4 is 5.32 Å².